The molecule has 4 heteroatoms. The van der Waals surface area contributed by atoms with E-state index in [0.717, 1.165) is 33.3 Å². The maximum Gasteiger partial charge on any atom is 0.123 e. The highest BCUT2D eigenvalue weighted by Crippen LogP contribution is 2.31. The minimum absolute atomic E-state index is 0.197. The summed E-state index contributed by atoms with van der Waals surface area (Å²) in [7, 11) is 0. The van der Waals surface area contributed by atoms with Crippen LogP contribution in [0.1, 0.15) is 11.1 Å². The lowest BCUT2D eigenvalue weighted by Gasteiger charge is -2.14. The van der Waals surface area contributed by atoms with Crippen LogP contribution in [0.5, 0.6) is 5.75 Å². The molecule has 0 saturated carbocycles. The summed E-state index contributed by atoms with van der Waals surface area (Å²) in [5.41, 5.74) is 3.67. The third-order valence-corrected chi connectivity index (χ3v) is 4.46. The minimum atomic E-state index is 0.197. The number of rotatable bonds is 3. The molecule has 1 heterocycles. The Kier molecular flexibility index (Phi) is 4.03. The Bertz CT molecular complexity index is 642. The van der Waals surface area contributed by atoms with Gasteiger partial charge in [0.05, 0.1) is 6.54 Å². The van der Waals surface area contributed by atoms with Gasteiger partial charge in [0.1, 0.15) is 11.9 Å². The number of aryl methyl sites for hydroxylation is 1. The Balaban J connectivity index is 1.63. The first-order chi connectivity index (χ1) is 9.61. The van der Waals surface area contributed by atoms with Crippen molar-refractivity contribution >= 4 is 37.5 Å². The van der Waals surface area contributed by atoms with Gasteiger partial charge >= 0.3 is 0 Å². The zero-order valence-electron chi connectivity index (χ0n) is 11.1. The third kappa shape index (κ3) is 3.01. The maximum atomic E-state index is 5.95. The zero-order valence-corrected chi connectivity index (χ0v) is 14.3. The van der Waals surface area contributed by atoms with Crippen LogP contribution in [-0.2, 0) is 6.42 Å². The van der Waals surface area contributed by atoms with Gasteiger partial charge < -0.3 is 10.1 Å². The third-order valence-electron chi connectivity index (χ3n) is 3.47. The molecule has 0 aromatic heterocycles. The average molecular weight is 397 g/mol. The smallest absolute Gasteiger partial charge is 0.123 e. The lowest BCUT2D eigenvalue weighted by Crippen LogP contribution is -2.24. The van der Waals surface area contributed by atoms with Crippen LogP contribution in [0.4, 0.5) is 5.69 Å². The van der Waals surface area contributed by atoms with E-state index in [4.69, 9.17) is 4.74 Å². The van der Waals surface area contributed by atoms with Crippen LogP contribution in [0.15, 0.2) is 45.3 Å². The number of hydrogen-bond donors (Lipinski definition) is 1. The molecule has 3 rings (SSSR count). The fourth-order valence-corrected chi connectivity index (χ4v) is 3.34. The number of ether oxygens (including phenoxy) is 1. The number of fused-ring (bicyclic) bond motifs is 1. The molecule has 0 bridgehead atoms. The van der Waals surface area contributed by atoms with Gasteiger partial charge in [-0.25, -0.2) is 0 Å². The van der Waals surface area contributed by atoms with E-state index in [-0.39, 0.29) is 6.10 Å². The molecule has 104 valence electrons. The summed E-state index contributed by atoms with van der Waals surface area (Å²) in [5, 5.41) is 3.47. The predicted octanol–water partition coefficient (Wildman–Crippen LogP) is 4.94. The number of benzene rings is 2. The van der Waals surface area contributed by atoms with Gasteiger partial charge in [-0.05, 0) is 54.4 Å². The zero-order chi connectivity index (χ0) is 14.1. The Labute approximate surface area is 135 Å². The molecule has 0 aliphatic carbocycles. The fourth-order valence-electron chi connectivity index (χ4n) is 2.45. The fraction of sp³-hybridized carbons (Fsp3) is 0.250. The van der Waals surface area contributed by atoms with E-state index < -0.39 is 0 Å². The molecular formula is C16H15Br2NO. The van der Waals surface area contributed by atoms with Gasteiger partial charge in [-0.15, -0.1) is 0 Å². The standard InChI is InChI=1S/C16H15Br2NO/c1-10-6-12(17)2-4-15(10)19-9-14-8-11-7-13(18)3-5-16(11)20-14/h2-7,14,19H,8-9H2,1H3. The van der Waals surface area contributed by atoms with Crippen molar-refractivity contribution in [1.29, 1.82) is 0 Å². The van der Waals surface area contributed by atoms with Crippen molar-refractivity contribution in [2.45, 2.75) is 19.4 Å². The van der Waals surface area contributed by atoms with Crippen molar-refractivity contribution in [3.8, 4) is 5.75 Å². The molecule has 0 saturated heterocycles. The molecule has 1 aliphatic rings. The van der Waals surface area contributed by atoms with Crippen LogP contribution in [0.2, 0.25) is 0 Å². The molecule has 20 heavy (non-hydrogen) atoms. The van der Waals surface area contributed by atoms with E-state index in [1.807, 2.05) is 12.1 Å². The van der Waals surface area contributed by atoms with E-state index in [2.05, 4.69) is 68.4 Å². The SMILES string of the molecule is Cc1cc(Br)ccc1NCC1Cc2cc(Br)ccc2O1. The molecule has 2 aromatic carbocycles. The van der Waals surface area contributed by atoms with Crippen LogP contribution in [0.25, 0.3) is 0 Å². The van der Waals surface area contributed by atoms with Crippen LogP contribution < -0.4 is 10.1 Å². The highest BCUT2D eigenvalue weighted by molar-refractivity contribution is 9.10. The van der Waals surface area contributed by atoms with E-state index in [9.17, 15) is 0 Å². The monoisotopic (exact) mass is 395 g/mol. The van der Waals surface area contributed by atoms with E-state index in [0.29, 0.717) is 0 Å². The van der Waals surface area contributed by atoms with Crippen LogP contribution in [-0.4, -0.2) is 12.6 Å². The summed E-state index contributed by atoms with van der Waals surface area (Å²) >= 11 is 6.98. The highest BCUT2D eigenvalue weighted by atomic mass is 79.9. The first-order valence-electron chi connectivity index (χ1n) is 6.57. The van der Waals surface area contributed by atoms with Crippen molar-refractivity contribution < 1.29 is 4.74 Å². The van der Waals surface area contributed by atoms with Crippen LogP contribution in [0, 0.1) is 6.92 Å². The molecule has 1 unspecified atom stereocenters. The summed E-state index contributed by atoms with van der Waals surface area (Å²) in [4.78, 5) is 0. The molecule has 1 N–H and O–H groups in total. The average Bonchev–Trinajstić information content (AvgIpc) is 2.79. The number of nitrogens with one attached hydrogen (secondary N) is 1. The molecule has 0 spiro atoms. The van der Waals surface area contributed by atoms with E-state index >= 15 is 0 Å². The van der Waals surface area contributed by atoms with Gasteiger partial charge in [0.2, 0.25) is 0 Å². The number of halogens is 2. The summed E-state index contributed by atoms with van der Waals surface area (Å²) in [5.74, 6) is 1.01. The normalized spacial score (nSPS) is 16.6. The Morgan fingerprint density at radius 1 is 1.15 bits per heavy atom. The van der Waals surface area contributed by atoms with Gasteiger partial charge in [0.15, 0.2) is 0 Å². The van der Waals surface area contributed by atoms with Crippen molar-refractivity contribution in [2.75, 3.05) is 11.9 Å². The Morgan fingerprint density at radius 2 is 1.90 bits per heavy atom. The van der Waals surface area contributed by atoms with Gasteiger partial charge in [0.25, 0.3) is 0 Å². The topological polar surface area (TPSA) is 21.3 Å². The summed E-state index contributed by atoms with van der Waals surface area (Å²) in [6.07, 6.45) is 1.15. The van der Waals surface area contributed by atoms with Gasteiger partial charge in [-0.2, -0.15) is 0 Å². The second-order valence-corrected chi connectivity index (χ2v) is 6.87. The Morgan fingerprint density at radius 3 is 2.70 bits per heavy atom. The first kappa shape index (κ1) is 14.0. The van der Waals surface area contributed by atoms with Crippen LogP contribution in [0.3, 0.4) is 0 Å². The molecule has 0 radical (unpaired) electrons. The number of anilines is 1. The quantitative estimate of drug-likeness (QED) is 0.793. The molecule has 0 fully saturated rings. The molecule has 2 aromatic rings. The molecule has 1 atom stereocenters. The largest absolute Gasteiger partial charge is 0.488 e. The summed E-state index contributed by atoms with van der Waals surface area (Å²) in [6, 6.07) is 12.5. The van der Waals surface area contributed by atoms with E-state index in [1.54, 1.807) is 0 Å². The minimum Gasteiger partial charge on any atom is -0.488 e. The maximum absolute atomic E-state index is 5.95. The first-order valence-corrected chi connectivity index (χ1v) is 8.15. The lowest BCUT2D eigenvalue weighted by molar-refractivity contribution is 0.246. The second kappa shape index (κ2) is 5.78. The van der Waals surface area contributed by atoms with Crippen molar-refractivity contribution in [3.63, 3.8) is 0 Å². The van der Waals surface area contributed by atoms with Crippen molar-refractivity contribution in [1.82, 2.24) is 0 Å². The van der Waals surface area contributed by atoms with Crippen molar-refractivity contribution in [2.24, 2.45) is 0 Å². The van der Waals surface area contributed by atoms with Gasteiger partial charge in [-0.1, -0.05) is 31.9 Å². The molecule has 1 aliphatic heterocycles. The molecular weight excluding hydrogens is 382 g/mol. The van der Waals surface area contributed by atoms with Gasteiger partial charge in [0, 0.05) is 21.1 Å². The van der Waals surface area contributed by atoms with Crippen molar-refractivity contribution in [3.05, 3.63) is 56.5 Å². The molecule has 2 nitrogen and oxygen atoms in total. The van der Waals surface area contributed by atoms with Gasteiger partial charge in [-0.3, -0.25) is 0 Å². The molecule has 0 amide bonds. The summed E-state index contributed by atoms with van der Waals surface area (Å²) < 4.78 is 8.17. The van der Waals surface area contributed by atoms with E-state index in [1.165, 1.54) is 11.1 Å². The Hall–Kier alpha value is -1.00. The number of hydrogen-bond acceptors (Lipinski definition) is 2. The van der Waals surface area contributed by atoms with Crippen LogP contribution >= 0.6 is 31.9 Å². The lowest BCUT2D eigenvalue weighted by atomic mass is 10.1. The highest BCUT2D eigenvalue weighted by Gasteiger charge is 2.22. The predicted molar refractivity (Wildman–Crippen MR) is 89.6 cm³/mol. The summed E-state index contributed by atoms with van der Waals surface area (Å²) in [6.45, 7) is 2.92. The second-order valence-electron chi connectivity index (χ2n) is 5.04.